The smallest absolute Gasteiger partial charge is 0.0521 e. The second-order valence-electron chi connectivity index (χ2n) is 3.44. The minimum absolute atomic E-state index is 0.827. The third kappa shape index (κ3) is 1.42. The molecule has 2 heteroatoms. The largest absolute Gasteiger partial charge is 0.298 e. The number of nitrogens with one attached hydrogen (secondary N) is 1. The highest BCUT2D eigenvalue weighted by molar-refractivity contribution is 6.24. The van der Waals surface area contributed by atoms with Crippen LogP contribution in [0.3, 0.4) is 0 Å². The normalized spacial score (nSPS) is 16.2. The minimum atomic E-state index is 0.827. The van der Waals surface area contributed by atoms with Crippen molar-refractivity contribution in [2.45, 2.75) is 25.7 Å². The molecule has 0 heterocycles. The molecule has 64 valence electrons. The summed E-state index contributed by atoms with van der Waals surface area (Å²) in [6.45, 7) is 2.08. The first-order chi connectivity index (χ1) is 5.81. The van der Waals surface area contributed by atoms with Crippen molar-refractivity contribution in [2.75, 3.05) is 4.84 Å². The van der Waals surface area contributed by atoms with Crippen LogP contribution in [0.4, 0.5) is 5.69 Å². The van der Waals surface area contributed by atoms with Crippen molar-refractivity contribution in [3.05, 3.63) is 29.3 Å². The van der Waals surface area contributed by atoms with E-state index in [2.05, 4.69) is 30.0 Å². The van der Waals surface area contributed by atoms with Crippen molar-refractivity contribution in [2.24, 2.45) is 0 Å². The Balaban J connectivity index is 2.30. The SMILES string of the molecule is Cc1cc(C2CC2)ccc1NCl. The maximum absolute atomic E-state index is 5.53. The standard InChI is InChI=1S/C10H12ClN/c1-7-6-9(8-2-3-8)4-5-10(7)12-11/h4-6,8,12H,2-3H2,1H3. The molecule has 12 heavy (non-hydrogen) atoms. The van der Waals surface area contributed by atoms with Gasteiger partial charge in [0.2, 0.25) is 0 Å². The zero-order valence-electron chi connectivity index (χ0n) is 7.10. The van der Waals surface area contributed by atoms with Crippen LogP contribution in [0, 0.1) is 6.92 Å². The maximum Gasteiger partial charge on any atom is 0.0521 e. The number of anilines is 1. The van der Waals surface area contributed by atoms with Crippen LogP contribution in [0.15, 0.2) is 18.2 Å². The Bertz CT molecular complexity index is 292. The van der Waals surface area contributed by atoms with E-state index in [-0.39, 0.29) is 0 Å². The van der Waals surface area contributed by atoms with E-state index in [1.807, 2.05) is 0 Å². The monoisotopic (exact) mass is 181 g/mol. The summed E-state index contributed by atoms with van der Waals surface area (Å²) in [7, 11) is 0. The molecular weight excluding hydrogens is 170 g/mol. The lowest BCUT2D eigenvalue weighted by Crippen LogP contribution is -1.87. The van der Waals surface area contributed by atoms with Gasteiger partial charge in [0.05, 0.1) is 5.69 Å². The Morgan fingerprint density at radius 3 is 2.67 bits per heavy atom. The Hall–Kier alpha value is -0.690. The van der Waals surface area contributed by atoms with Crippen LogP contribution in [-0.4, -0.2) is 0 Å². The van der Waals surface area contributed by atoms with E-state index < -0.39 is 0 Å². The van der Waals surface area contributed by atoms with Gasteiger partial charge in [0.25, 0.3) is 0 Å². The van der Waals surface area contributed by atoms with Crippen molar-refractivity contribution in [1.29, 1.82) is 0 Å². The molecule has 0 atom stereocenters. The van der Waals surface area contributed by atoms with Crippen LogP contribution in [-0.2, 0) is 0 Å². The van der Waals surface area contributed by atoms with E-state index in [9.17, 15) is 0 Å². The van der Waals surface area contributed by atoms with E-state index in [4.69, 9.17) is 11.8 Å². The van der Waals surface area contributed by atoms with Crippen molar-refractivity contribution in [3.8, 4) is 0 Å². The Labute approximate surface area is 77.9 Å². The Morgan fingerprint density at radius 1 is 1.42 bits per heavy atom. The lowest BCUT2D eigenvalue weighted by molar-refractivity contribution is 1.12. The number of halogens is 1. The molecule has 1 N–H and O–H groups in total. The zero-order chi connectivity index (χ0) is 8.55. The van der Waals surface area contributed by atoms with Crippen molar-refractivity contribution < 1.29 is 0 Å². The molecule has 1 fully saturated rings. The van der Waals surface area contributed by atoms with E-state index in [0.717, 1.165) is 11.6 Å². The van der Waals surface area contributed by atoms with Crippen LogP contribution in [0.5, 0.6) is 0 Å². The molecular formula is C10H12ClN. The maximum atomic E-state index is 5.53. The fourth-order valence-electron chi connectivity index (χ4n) is 1.46. The van der Waals surface area contributed by atoms with Gasteiger partial charge in [-0.1, -0.05) is 12.1 Å². The molecule has 1 aromatic rings. The molecule has 0 radical (unpaired) electrons. The quantitative estimate of drug-likeness (QED) is 0.690. The number of hydrogen-bond acceptors (Lipinski definition) is 1. The summed E-state index contributed by atoms with van der Waals surface area (Å²) in [6.07, 6.45) is 2.71. The highest BCUT2D eigenvalue weighted by atomic mass is 35.5. The summed E-state index contributed by atoms with van der Waals surface area (Å²) in [4.78, 5) is 2.65. The molecule has 0 spiro atoms. The first kappa shape index (κ1) is 7.93. The number of aryl methyl sites for hydroxylation is 1. The molecule has 1 aliphatic carbocycles. The van der Waals surface area contributed by atoms with Crippen LogP contribution in [0.25, 0.3) is 0 Å². The fraction of sp³-hybridized carbons (Fsp3) is 0.400. The van der Waals surface area contributed by atoms with Gasteiger partial charge in [-0.05, 0) is 42.9 Å². The predicted octanol–water partition coefficient (Wildman–Crippen LogP) is 3.44. The van der Waals surface area contributed by atoms with Gasteiger partial charge in [0, 0.05) is 11.8 Å². The van der Waals surface area contributed by atoms with Gasteiger partial charge in [0.1, 0.15) is 0 Å². The molecule has 0 aliphatic heterocycles. The van der Waals surface area contributed by atoms with Gasteiger partial charge in [-0.3, -0.25) is 4.84 Å². The summed E-state index contributed by atoms with van der Waals surface area (Å²) in [6, 6.07) is 6.44. The van der Waals surface area contributed by atoms with Crippen LogP contribution < -0.4 is 4.84 Å². The molecule has 1 aromatic carbocycles. The van der Waals surface area contributed by atoms with Crippen LogP contribution in [0.1, 0.15) is 29.9 Å². The van der Waals surface area contributed by atoms with E-state index >= 15 is 0 Å². The lowest BCUT2D eigenvalue weighted by Gasteiger charge is -2.05. The van der Waals surface area contributed by atoms with E-state index in [1.54, 1.807) is 0 Å². The van der Waals surface area contributed by atoms with E-state index in [1.165, 1.54) is 24.0 Å². The number of hydrogen-bond donors (Lipinski definition) is 1. The topological polar surface area (TPSA) is 12.0 Å². The van der Waals surface area contributed by atoms with Crippen LogP contribution >= 0.6 is 11.8 Å². The number of benzene rings is 1. The summed E-state index contributed by atoms with van der Waals surface area (Å²) in [5.41, 5.74) is 3.71. The second kappa shape index (κ2) is 2.98. The fourth-order valence-corrected chi connectivity index (χ4v) is 1.68. The van der Waals surface area contributed by atoms with Gasteiger partial charge in [-0.25, -0.2) is 0 Å². The minimum Gasteiger partial charge on any atom is -0.298 e. The zero-order valence-corrected chi connectivity index (χ0v) is 7.86. The van der Waals surface area contributed by atoms with Gasteiger partial charge >= 0.3 is 0 Å². The molecule has 0 amide bonds. The molecule has 1 saturated carbocycles. The second-order valence-corrected chi connectivity index (χ2v) is 3.63. The molecule has 0 unspecified atom stereocenters. The highest BCUT2D eigenvalue weighted by Gasteiger charge is 2.23. The van der Waals surface area contributed by atoms with Crippen LogP contribution in [0.2, 0.25) is 0 Å². The molecule has 0 aromatic heterocycles. The van der Waals surface area contributed by atoms with Gasteiger partial charge in [-0.2, -0.15) is 0 Å². The Kier molecular flexibility index (Phi) is 1.97. The summed E-state index contributed by atoms with van der Waals surface area (Å²) >= 11 is 5.53. The molecule has 2 rings (SSSR count). The molecule has 1 nitrogen and oxygen atoms in total. The summed E-state index contributed by atoms with van der Waals surface area (Å²) in [5, 5.41) is 0. The Morgan fingerprint density at radius 2 is 2.17 bits per heavy atom. The predicted molar refractivity (Wildman–Crippen MR) is 52.6 cm³/mol. The van der Waals surface area contributed by atoms with Crippen molar-refractivity contribution in [1.82, 2.24) is 0 Å². The molecule has 1 aliphatic rings. The van der Waals surface area contributed by atoms with Crippen molar-refractivity contribution in [3.63, 3.8) is 0 Å². The van der Waals surface area contributed by atoms with Crippen molar-refractivity contribution >= 4 is 17.5 Å². The van der Waals surface area contributed by atoms with Gasteiger partial charge in [-0.15, -0.1) is 0 Å². The third-order valence-electron chi connectivity index (χ3n) is 2.40. The summed E-state index contributed by atoms with van der Waals surface area (Å²) < 4.78 is 0. The van der Waals surface area contributed by atoms with Gasteiger partial charge in [0.15, 0.2) is 0 Å². The highest BCUT2D eigenvalue weighted by Crippen LogP contribution is 2.40. The molecule has 0 bridgehead atoms. The first-order valence-corrected chi connectivity index (χ1v) is 4.66. The molecule has 0 saturated heterocycles. The average Bonchev–Trinajstić information content (AvgIpc) is 2.86. The van der Waals surface area contributed by atoms with Gasteiger partial charge < -0.3 is 0 Å². The average molecular weight is 182 g/mol. The third-order valence-corrected chi connectivity index (χ3v) is 2.60. The summed E-state index contributed by atoms with van der Waals surface area (Å²) in [5.74, 6) is 0.827. The lowest BCUT2D eigenvalue weighted by atomic mass is 10.1. The first-order valence-electron chi connectivity index (χ1n) is 4.28. The number of rotatable bonds is 2. The van der Waals surface area contributed by atoms with E-state index in [0.29, 0.717) is 0 Å².